The molecule has 96 valence electrons. The fourth-order valence-corrected chi connectivity index (χ4v) is 1.63. The summed E-state index contributed by atoms with van der Waals surface area (Å²) in [6.07, 6.45) is 1.66. The second-order valence-electron chi connectivity index (χ2n) is 3.84. The minimum Gasteiger partial charge on any atom is -0.494 e. The molecule has 0 fully saturated rings. The highest BCUT2D eigenvalue weighted by molar-refractivity contribution is 5.30. The Morgan fingerprint density at radius 3 is 2.76 bits per heavy atom. The third-order valence-electron chi connectivity index (χ3n) is 2.61. The SMILES string of the molecule is CCOCCCC(N)c1ccc(OC)c(F)c1. The summed E-state index contributed by atoms with van der Waals surface area (Å²) in [6.45, 7) is 3.37. The van der Waals surface area contributed by atoms with Gasteiger partial charge in [0.05, 0.1) is 7.11 Å². The average molecular weight is 241 g/mol. The summed E-state index contributed by atoms with van der Waals surface area (Å²) < 4.78 is 23.5. The lowest BCUT2D eigenvalue weighted by Gasteiger charge is -2.13. The highest BCUT2D eigenvalue weighted by Gasteiger charge is 2.09. The second kappa shape index (κ2) is 7.25. The molecule has 0 heterocycles. The molecule has 3 nitrogen and oxygen atoms in total. The van der Waals surface area contributed by atoms with Crippen LogP contribution >= 0.6 is 0 Å². The molecule has 0 aliphatic carbocycles. The van der Waals surface area contributed by atoms with E-state index in [1.165, 1.54) is 13.2 Å². The molecule has 0 bridgehead atoms. The van der Waals surface area contributed by atoms with Crippen molar-refractivity contribution in [2.24, 2.45) is 5.73 Å². The molecule has 0 aliphatic rings. The molecule has 1 aromatic rings. The van der Waals surface area contributed by atoms with Crippen molar-refractivity contribution < 1.29 is 13.9 Å². The number of ether oxygens (including phenoxy) is 2. The van der Waals surface area contributed by atoms with Gasteiger partial charge in [-0.15, -0.1) is 0 Å². The van der Waals surface area contributed by atoms with Crippen molar-refractivity contribution >= 4 is 0 Å². The molecular formula is C13H20FNO2. The predicted octanol–water partition coefficient (Wildman–Crippen LogP) is 2.65. The van der Waals surface area contributed by atoms with Gasteiger partial charge >= 0.3 is 0 Å². The zero-order chi connectivity index (χ0) is 12.7. The Labute approximate surface area is 102 Å². The maximum absolute atomic E-state index is 13.4. The van der Waals surface area contributed by atoms with Crippen LogP contribution in [-0.4, -0.2) is 20.3 Å². The normalized spacial score (nSPS) is 12.5. The first-order chi connectivity index (χ1) is 8.19. The summed E-state index contributed by atoms with van der Waals surface area (Å²) >= 11 is 0. The molecule has 2 N–H and O–H groups in total. The second-order valence-corrected chi connectivity index (χ2v) is 3.84. The Morgan fingerprint density at radius 1 is 1.41 bits per heavy atom. The predicted molar refractivity (Wildman–Crippen MR) is 65.6 cm³/mol. The maximum Gasteiger partial charge on any atom is 0.165 e. The van der Waals surface area contributed by atoms with Gasteiger partial charge in [0.1, 0.15) is 0 Å². The summed E-state index contributed by atoms with van der Waals surface area (Å²) in [5.41, 5.74) is 6.77. The zero-order valence-electron chi connectivity index (χ0n) is 10.4. The van der Waals surface area contributed by atoms with E-state index in [9.17, 15) is 4.39 Å². The summed E-state index contributed by atoms with van der Waals surface area (Å²) in [7, 11) is 1.44. The first-order valence-electron chi connectivity index (χ1n) is 5.85. The van der Waals surface area contributed by atoms with E-state index in [0.29, 0.717) is 13.2 Å². The molecule has 0 saturated carbocycles. The smallest absolute Gasteiger partial charge is 0.165 e. The summed E-state index contributed by atoms with van der Waals surface area (Å²) in [6, 6.07) is 4.68. The van der Waals surface area contributed by atoms with Gasteiger partial charge < -0.3 is 15.2 Å². The Hall–Kier alpha value is -1.13. The highest BCUT2D eigenvalue weighted by atomic mass is 19.1. The Kier molecular flexibility index (Phi) is 5.94. The van der Waals surface area contributed by atoms with Crippen molar-refractivity contribution in [2.45, 2.75) is 25.8 Å². The molecule has 0 amide bonds. The number of halogens is 1. The highest BCUT2D eigenvalue weighted by Crippen LogP contribution is 2.22. The van der Waals surface area contributed by atoms with E-state index in [0.717, 1.165) is 18.4 Å². The van der Waals surface area contributed by atoms with Crippen LogP contribution in [0.15, 0.2) is 18.2 Å². The number of hydrogen-bond acceptors (Lipinski definition) is 3. The lowest BCUT2D eigenvalue weighted by molar-refractivity contribution is 0.142. The van der Waals surface area contributed by atoms with Crippen LogP contribution in [0.1, 0.15) is 31.4 Å². The quantitative estimate of drug-likeness (QED) is 0.746. The van der Waals surface area contributed by atoms with Crippen LogP contribution in [0.2, 0.25) is 0 Å². The van der Waals surface area contributed by atoms with Gasteiger partial charge in [0.25, 0.3) is 0 Å². The molecule has 0 saturated heterocycles. The van der Waals surface area contributed by atoms with Gasteiger partial charge in [-0.2, -0.15) is 0 Å². The van der Waals surface area contributed by atoms with Crippen LogP contribution in [-0.2, 0) is 4.74 Å². The van der Waals surface area contributed by atoms with E-state index in [1.807, 2.05) is 6.92 Å². The van der Waals surface area contributed by atoms with E-state index in [-0.39, 0.29) is 17.6 Å². The number of benzene rings is 1. The van der Waals surface area contributed by atoms with Crippen LogP contribution in [0.3, 0.4) is 0 Å². The summed E-state index contributed by atoms with van der Waals surface area (Å²) in [5.74, 6) is -0.125. The van der Waals surface area contributed by atoms with E-state index >= 15 is 0 Å². The van der Waals surface area contributed by atoms with Crippen LogP contribution in [0.5, 0.6) is 5.75 Å². The Bertz CT molecular complexity index is 344. The molecule has 1 atom stereocenters. The van der Waals surface area contributed by atoms with E-state index in [2.05, 4.69) is 0 Å². The van der Waals surface area contributed by atoms with Crippen molar-refractivity contribution in [3.63, 3.8) is 0 Å². The van der Waals surface area contributed by atoms with Crippen LogP contribution in [0.4, 0.5) is 4.39 Å². The first-order valence-corrected chi connectivity index (χ1v) is 5.85. The van der Waals surface area contributed by atoms with Crippen molar-refractivity contribution in [3.8, 4) is 5.75 Å². The molecule has 0 radical (unpaired) electrons. The topological polar surface area (TPSA) is 44.5 Å². The zero-order valence-corrected chi connectivity index (χ0v) is 10.4. The fraction of sp³-hybridized carbons (Fsp3) is 0.538. The number of methoxy groups -OCH3 is 1. The van der Waals surface area contributed by atoms with Gasteiger partial charge in [0, 0.05) is 19.3 Å². The van der Waals surface area contributed by atoms with Crippen LogP contribution in [0, 0.1) is 5.82 Å². The van der Waals surface area contributed by atoms with Crippen LogP contribution < -0.4 is 10.5 Å². The maximum atomic E-state index is 13.4. The van der Waals surface area contributed by atoms with Gasteiger partial charge in [0.15, 0.2) is 11.6 Å². The van der Waals surface area contributed by atoms with Crippen molar-refractivity contribution in [1.82, 2.24) is 0 Å². The molecule has 4 heteroatoms. The fourth-order valence-electron chi connectivity index (χ4n) is 1.63. The molecule has 17 heavy (non-hydrogen) atoms. The van der Waals surface area contributed by atoms with Gasteiger partial charge in [-0.1, -0.05) is 6.07 Å². The molecule has 0 spiro atoms. The minimum absolute atomic E-state index is 0.157. The molecule has 1 aromatic carbocycles. The number of hydrogen-bond donors (Lipinski definition) is 1. The van der Waals surface area contributed by atoms with Crippen molar-refractivity contribution in [2.75, 3.05) is 20.3 Å². The summed E-state index contributed by atoms with van der Waals surface area (Å²) in [5, 5.41) is 0. The van der Waals surface area contributed by atoms with Crippen LogP contribution in [0.25, 0.3) is 0 Å². The standard InChI is InChI=1S/C13H20FNO2/c1-3-17-8-4-5-12(15)10-6-7-13(16-2)11(14)9-10/h6-7,9,12H,3-5,8,15H2,1-2H3. The van der Waals surface area contributed by atoms with Crippen molar-refractivity contribution in [3.05, 3.63) is 29.6 Å². The molecule has 0 aliphatic heterocycles. The minimum atomic E-state index is -0.370. The average Bonchev–Trinajstić information content (AvgIpc) is 2.34. The molecule has 1 unspecified atom stereocenters. The molecule has 1 rings (SSSR count). The lowest BCUT2D eigenvalue weighted by atomic mass is 10.0. The largest absolute Gasteiger partial charge is 0.494 e. The third kappa shape index (κ3) is 4.32. The summed E-state index contributed by atoms with van der Waals surface area (Å²) in [4.78, 5) is 0. The van der Waals surface area contributed by atoms with Gasteiger partial charge in [-0.3, -0.25) is 0 Å². The van der Waals surface area contributed by atoms with E-state index in [1.54, 1.807) is 12.1 Å². The first kappa shape index (κ1) is 13.9. The molecular weight excluding hydrogens is 221 g/mol. The monoisotopic (exact) mass is 241 g/mol. The molecule has 0 aromatic heterocycles. The number of rotatable bonds is 7. The Balaban J connectivity index is 2.51. The van der Waals surface area contributed by atoms with E-state index in [4.69, 9.17) is 15.2 Å². The van der Waals surface area contributed by atoms with Gasteiger partial charge in [0.2, 0.25) is 0 Å². The van der Waals surface area contributed by atoms with Gasteiger partial charge in [-0.25, -0.2) is 4.39 Å². The number of nitrogens with two attached hydrogens (primary N) is 1. The lowest BCUT2D eigenvalue weighted by Crippen LogP contribution is -2.11. The Morgan fingerprint density at radius 2 is 2.18 bits per heavy atom. The van der Waals surface area contributed by atoms with E-state index < -0.39 is 0 Å². The van der Waals surface area contributed by atoms with Crippen molar-refractivity contribution in [1.29, 1.82) is 0 Å². The van der Waals surface area contributed by atoms with Gasteiger partial charge in [-0.05, 0) is 37.5 Å². The third-order valence-corrected chi connectivity index (χ3v) is 2.61.